The molecule has 3 heteroatoms. The van der Waals surface area contributed by atoms with E-state index in [0.29, 0.717) is 12.1 Å². The van der Waals surface area contributed by atoms with Crippen molar-refractivity contribution in [3.05, 3.63) is 34.9 Å². The summed E-state index contributed by atoms with van der Waals surface area (Å²) < 4.78 is 0. The molecule has 2 nitrogen and oxygen atoms in total. The van der Waals surface area contributed by atoms with E-state index in [4.69, 9.17) is 11.6 Å². The van der Waals surface area contributed by atoms with Gasteiger partial charge in [-0.1, -0.05) is 37.6 Å². The highest BCUT2D eigenvalue weighted by Crippen LogP contribution is 2.26. The Labute approximate surface area is 122 Å². The van der Waals surface area contributed by atoms with Crippen LogP contribution in [0.2, 0.25) is 5.02 Å². The molecule has 0 aromatic heterocycles. The lowest BCUT2D eigenvalue weighted by Crippen LogP contribution is -2.39. The van der Waals surface area contributed by atoms with Crippen molar-refractivity contribution in [1.29, 1.82) is 0 Å². The zero-order chi connectivity index (χ0) is 13.7. The van der Waals surface area contributed by atoms with Gasteiger partial charge in [0.2, 0.25) is 0 Å². The molecule has 1 aromatic carbocycles. The van der Waals surface area contributed by atoms with E-state index in [9.17, 15) is 0 Å². The molecule has 1 N–H and O–H groups in total. The molecule has 106 valence electrons. The first-order valence-corrected chi connectivity index (χ1v) is 7.85. The van der Waals surface area contributed by atoms with Crippen LogP contribution in [0.4, 0.5) is 0 Å². The lowest BCUT2D eigenvalue weighted by atomic mass is 10.0. The first-order chi connectivity index (χ1) is 9.24. The van der Waals surface area contributed by atoms with Gasteiger partial charge in [-0.25, -0.2) is 0 Å². The number of hydrogen-bond acceptors (Lipinski definition) is 2. The van der Waals surface area contributed by atoms with Crippen molar-refractivity contribution in [2.45, 2.75) is 45.2 Å². The Bertz CT molecular complexity index is 371. The molecule has 0 aliphatic carbocycles. The largest absolute Gasteiger partial charge is 0.313 e. The van der Waals surface area contributed by atoms with E-state index in [-0.39, 0.29) is 0 Å². The van der Waals surface area contributed by atoms with Gasteiger partial charge in [0.05, 0.1) is 0 Å². The van der Waals surface area contributed by atoms with Gasteiger partial charge in [0.15, 0.2) is 0 Å². The molecule has 0 saturated carbocycles. The van der Waals surface area contributed by atoms with Crippen LogP contribution < -0.4 is 5.32 Å². The van der Waals surface area contributed by atoms with E-state index in [0.717, 1.165) is 24.5 Å². The molecule has 1 fully saturated rings. The van der Waals surface area contributed by atoms with Gasteiger partial charge in [0.1, 0.15) is 0 Å². The van der Waals surface area contributed by atoms with Crippen molar-refractivity contribution in [1.82, 2.24) is 10.2 Å². The summed E-state index contributed by atoms with van der Waals surface area (Å²) in [7, 11) is 0. The summed E-state index contributed by atoms with van der Waals surface area (Å²) in [5.41, 5.74) is 1.38. The Balaban J connectivity index is 2.06. The summed E-state index contributed by atoms with van der Waals surface area (Å²) in [6.07, 6.45) is 3.77. The van der Waals surface area contributed by atoms with Gasteiger partial charge in [-0.2, -0.15) is 0 Å². The molecule has 1 heterocycles. The summed E-state index contributed by atoms with van der Waals surface area (Å²) >= 11 is 5.99. The van der Waals surface area contributed by atoms with Gasteiger partial charge in [0.25, 0.3) is 0 Å². The molecule has 19 heavy (non-hydrogen) atoms. The second-order valence-electron chi connectivity index (χ2n) is 5.36. The monoisotopic (exact) mass is 280 g/mol. The smallest absolute Gasteiger partial charge is 0.0406 e. The number of nitrogens with zero attached hydrogens (tertiary/aromatic N) is 1. The van der Waals surface area contributed by atoms with Gasteiger partial charge in [-0.05, 0) is 50.0 Å². The first-order valence-electron chi connectivity index (χ1n) is 7.47. The number of likely N-dealkylation sites (N-methyl/N-ethyl adjacent to an activating group) is 1. The van der Waals surface area contributed by atoms with Crippen LogP contribution in [0.1, 0.15) is 44.7 Å². The van der Waals surface area contributed by atoms with Crippen LogP contribution in [-0.4, -0.2) is 30.6 Å². The van der Waals surface area contributed by atoms with Crippen LogP contribution >= 0.6 is 11.6 Å². The topological polar surface area (TPSA) is 15.3 Å². The molecule has 1 saturated heterocycles. The summed E-state index contributed by atoms with van der Waals surface area (Å²) in [4.78, 5) is 2.59. The second kappa shape index (κ2) is 7.28. The van der Waals surface area contributed by atoms with E-state index in [1.165, 1.54) is 24.9 Å². The van der Waals surface area contributed by atoms with Crippen molar-refractivity contribution in [3.8, 4) is 0 Å². The van der Waals surface area contributed by atoms with Crippen LogP contribution in [0, 0.1) is 0 Å². The standard InChI is InChI=1S/C16H25ClN2/c1-3-16(13-7-9-14(17)10-8-13)19(4-2)12-15-6-5-11-18-15/h7-10,15-16,18H,3-6,11-12H2,1-2H3. The van der Waals surface area contributed by atoms with E-state index >= 15 is 0 Å². The van der Waals surface area contributed by atoms with Gasteiger partial charge >= 0.3 is 0 Å². The predicted octanol–water partition coefficient (Wildman–Crippen LogP) is 3.87. The third-order valence-electron chi connectivity index (χ3n) is 4.11. The van der Waals surface area contributed by atoms with Crippen LogP contribution in [-0.2, 0) is 0 Å². The van der Waals surface area contributed by atoms with Crippen LogP contribution in [0.5, 0.6) is 0 Å². The fourth-order valence-electron chi connectivity index (χ4n) is 3.06. The van der Waals surface area contributed by atoms with E-state index < -0.39 is 0 Å². The lowest BCUT2D eigenvalue weighted by molar-refractivity contribution is 0.185. The van der Waals surface area contributed by atoms with Crippen molar-refractivity contribution in [2.75, 3.05) is 19.6 Å². The lowest BCUT2D eigenvalue weighted by Gasteiger charge is -2.32. The maximum atomic E-state index is 5.99. The summed E-state index contributed by atoms with van der Waals surface area (Å²) in [5.74, 6) is 0. The predicted molar refractivity (Wildman–Crippen MR) is 82.8 cm³/mol. The highest BCUT2D eigenvalue weighted by atomic mass is 35.5. The molecule has 1 aromatic rings. The fraction of sp³-hybridized carbons (Fsp3) is 0.625. The Hall–Kier alpha value is -0.570. The van der Waals surface area contributed by atoms with E-state index in [1.54, 1.807) is 0 Å². The quantitative estimate of drug-likeness (QED) is 0.851. The molecule has 0 amide bonds. The van der Waals surface area contributed by atoms with Crippen LogP contribution in [0.3, 0.4) is 0 Å². The third kappa shape index (κ3) is 3.95. The average molecular weight is 281 g/mol. The van der Waals surface area contributed by atoms with E-state index in [1.807, 2.05) is 12.1 Å². The second-order valence-corrected chi connectivity index (χ2v) is 5.79. The highest BCUT2D eigenvalue weighted by Gasteiger charge is 2.22. The van der Waals surface area contributed by atoms with Gasteiger partial charge in [0, 0.05) is 23.7 Å². The Morgan fingerprint density at radius 1 is 1.32 bits per heavy atom. The van der Waals surface area contributed by atoms with Crippen molar-refractivity contribution < 1.29 is 0 Å². The van der Waals surface area contributed by atoms with Crippen molar-refractivity contribution >= 4 is 11.6 Å². The minimum atomic E-state index is 0.504. The van der Waals surface area contributed by atoms with Crippen molar-refractivity contribution in [3.63, 3.8) is 0 Å². The minimum Gasteiger partial charge on any atom is -0.313 e. The summed E-state index contributed by atoms with van der Waals surface area (Å²) in [5, 5.41) is 4.42. The Morgan fingerprint density at radius 3 is 2.58 bits per heavy atom. The fourth-order valence-corrected chi connectivity index (χ4v) is 3.19. The number of rotatable bonds is 6. The number of halogens is 1. The molecule has 0 radical (unpaired) electrons. The molecule has 1 aliphatic rings. The summed E-state index contributed by atoms with van der Waals surface area (Å²) in [6, 6.07) is 9.51. The molecule has 1 aliphatic heterocycles. The maximum Gasteiger partial charge on any atom is 0.0406 e. The maximum absolute atomic E-state index is 5.99. The minimum absolute atomic E-state index is 0.504. The van der Waals surface area contributed by atoms with E-state index in [2.05, 4.69) is 36.2 Å². The molecule has 2 rings (SSSR count). The number of hydrogen-bond donors (Lipinski definition) is 1. The molecule has 2 unspecified atom stereocenters. The number of nitrogens with one attached hydrogen (secondary N) is 1. The van der Waals surface area contributed by atoms with Crippen LogP contribution in [0.25, 0.3) is 0 Å². The van der Waals surface area contributed by atoms with Gasteiger partial charge in [-0.15, -0.1) is 0 Å². The molecular formula is C16H25ClN2. The average Bonchev–Trinajstić information content (AvgIpc) is 2.93. The zero-order valence-electron chi connectivity index (χ0n) is 12.0. The molecule has 0 spiro atoms. The van der Waals surface area contributed by atoms with Crippen LogP contribution in [0.15, 0.2) is 24.3 Å². The zero-order valence-corrected chi connectivity index (χ0v) is 12.8. The Morgan fingerprint density at radius 2 is 2.05 bits per heavy atom. The molecular weight excluding hydrogens is 256 g/mol. The normalized spacial score (nSPS) is 20.9. The molecule has 2 atom stereocenters. The third-order valence-corrected chi connectivity index (χ3v) is 4.36. The van der Waals surface area contributed by atoms with Crippen molar-refractivity contribution in [2.24, 2.45) is 0 Å². The Kier molecular flexibility index (Phi) is 5.68. The number of benzene rings is 1. The SMILES string of the molecule is CCC(c1ccc(Cl)cc1)N(CC)CC1CCCN1. The molecule has 0 bridgehead atoms. The first kappa shape index (κ1) is 14.8. The van der Waals surface area contributed by atoms with Gasteiger partial charge in [-0.3, -0.25) is 4.90 Å². The van der Waals surface area contributed by atoms with Gasteiger partial charge < -0.3 is 5.32 Å². The summed E-state index contributed by atoms with van der Waals surface area (Å²) in [6.45, 7) is 7.95. The highest BCUT2D eigenvalue weighted by molar-refractivity contribution is 6.30.